The molecule has 1 fully saturated rings. The normalized spacial score (nSPS) is 14.7. The topological polar surface area (TPSA) is 92.0 Å². The summed E-state index contributed by atoms with van der Waals surface area (Å²) in [6.45, 7) is 2.82. The quantitative estimate of drug-likeness (QED) is 0.687. The van der Waals surface area contributed by atoms with Crippen LogP contribution in [0.1, 0.15) is 5.56 Å². The summed E-state index contributed by atoms with van der Waals surface area (Å²) >= 11 is 0. The Hall–Kier alpha value is -3.39. The number of hydrogen-bond acceptors (Lipinski definition) is 6. The monoisotopic (exact) mass is 365 g/mol. The second kappa shape index (κ2) is 7.46. The zero-order valence-electron chi connectivity index (χ0n) is 14.6. The molecular formula is C19H19N5O3. The fraction of sp³-hybridized carbons (Fsp3) is 0.211. The molecule has 2 N–H and O–H groups in total. The van der Waals surface area contributed by atoms with Crippen molar-refractivity contribution in [2.75, 3.05) is 36.5 Å². The number of ether oxygens (including phenoxy) is 1. The van der Waals surface area contributed by atoms with E-state index in [0.29, 0.717) is 24.7 Å². The lowest BCUT2D eigenvalue weighted by molar-refractivity contribution is -0.111. The largest absolute Gasteiger partial charge is 0.508 e. The Bertz CT molecular complexity index is 975. The number of carbonyl (C=O) groups excluding carboxylic acids is 1. The van der Waals surface area contributed by atoms with Crippen LogP contribution in [0.15, 0.2) is 48.7 Å². The molecule has 2 aromatic heterocycles. The lowest BCUT2D eigenvalue weighted by Crippen LogP contribution is -2.37. The van der Waals surface area contributed by atoms with Gasteiger partial charge in [-0.3, -0.25) is 4.79 Å². The van der Waals surface area contributed by atoms with Crippen molar-refractivity contribution in [1.82, 2.24) is 14.6 Å². The first-order chi connectivity index (χ1) is 13.2. The van der Waals surface area contributed by atoms with Crippen molar-refractivity contribution >= 4 is 29.3 Å². The minimum Gasteiger partial charge on any atom is -0.508 e. The number of aromatic hydroxyl groups is 1. The molecule has 0 spiro atoms. The maximum atomic E-state index is 12.3. The lowest BCUT2D eigenvalue weighted by Gasteiger charge is -2.29. The van der Waals surface area contributed by atoms with Gasteiger partial charge >= 0.3 is 0 Å². The number of carbonyl (C=O) groups is 1. The van der Waals surface area contributed by atoms with Gasteiger partial charge in [-0.15, -0.1) is 0 Å². The lowest BCUT2D eigenvalue weighted by atomic mass is 10.2. The van der Waals surface area contributed by atoms with Crippen LogP contribution >= 0.6 is 0 Å². The minimum atomic E-state index is -0.285. The molecule has 1 saturated heterocycles. The number of nitrogens with one attached hydrogen (secondary N) is 1. The molecule has 1 aliphatic heterocycles. The van der Waals surface area contributed by atoms with E-state index in [-0.39, 0.29) is 11.7 Å². The molecule has 0 saturated carbocycles. The summed E-state index contributed by atoms with van der Waals surface area (Å²) in [6, 6.07) is 10.2. The van der Waals surface area contributed by atoms with E-state index in [4.69, 9.17) is 4.74 Å². The summed E-state index contributed by atoms with van der Waals surface area (Å²) in [5.41, 5.74) is 1.48. The van der Waals surface area contributed by atoms with Gasteiger partial charge in [0.1, 0.15) is 17.4 Å². The number of hydrogen-bond donors (Lipinski definition) is 2. The molecular weight excluding hydrogens is 346 g/mol. The molecule has 8 nitrogen and oxygen atoms in total. The standard InChI is InChI=1S/C19H19N5O3/c25-15-4-1-14(2-5-15)3-6-18(26)22-16-13-19(23-9-11-27-12-10-23)24-17(21-16)7-8-20-24/h1-8,13,25H,9-12H2,(H,21,22,26). The van der Waals surface area contributed by atoms with Gasteiger partial charge in [0.2, 0.25) is 5.91 Å². The predicted octanol–water partition coefficient (Wildman–Crippen LogP) is 1.92. The van der Waals surface area contributed by atoms with Gasteiger partial charge in [-0.1, -0.05) is 12.1 Å². The van der Waals surface area contributed by atoms with Crippen molar-refractivity contribution < 1.29 is 14.6 Å². The van der Waals surface area contributed by atoms with Crippen molar-refractivity contribution in [3.8, 4) is 5.75 Å². The number of aromatic nitrogens is 3. The van der Waals surface area contributed by atoms with Gasteiger partial charge in [0.25, 0.3) is 0 Å². The van der Waals surface area contributed by atoms with E-state index in [1.165, 1.54) is 6.08 Å². The smallest absolute Gasteiger partial charge is 0.249 e. The van der Waals surface area contributed by atoms with Crippen molar-refractivity contribution in [2.24, 2.45) is 0 Å². The molecule has 138 valence electrons. The number of nitrogens with zero attached hydrogens (tertiary/aromatic N) is 4. The van der Waals surface area contributed by atoms with Crippen molar-refractivity contribution in [3.05, 3.63) is 54.2 Å². The number of phenols is 1. The maximum absolute atomic E-state index is 12.3. The van der Waals surface area contributed by atoms with E-state index in [1.807, 2.05) is 6.07 Å². The predicted molar refractivity (Wildman–Crippen MR) is 102 cm³/mol. The molecule has 27 heavy (non-hydrogen) atoms. The molecule has 3 aromatic rings. The number of phenolic OH excluding ortho intramolecular Hbond substituents is 1. The second-order valence-corrected chi connectivity index (χ2v) is 6.11. The van der Waals surface area contributed by atoms with Crippen molar-refractivity contribution in [1.29, 1.82) is 0 Å². The second-order valence-electron chi connectivity index (χ2n) is 6.11. The Morgan fingerprint density at radius 3 is 2.74 bits per heavy atom. The van der Waals surface area contributed by atoms with Gasteiger partial charge in [0.05, 0.1) is 19.4 Å². The highest BCUT2D eigenvalue weighted by Gasteiger charge is 2.17. The maximum Gasteiger partial charge on any atom is 0.249 e. The third-order valence-electron chi connectivity index (χ3n) is 4.25. The number of benzene rings is 1. The highest BCUT2D eigenvalue weighted by Crippen LogP contribution is 2.21. The molecule has 3 heterocycles. The van der Waals surface area contributed by atoms with E-state index < -0.39 is 0 Å². The van der Waals surface area contributed by atoms with Gasteiger partial charge in [-0.25, -0.2) is 4.98 Å². The summed E-state index contributed by atoms with van der Waals surface area (Å²) < 4.78 is 7.17. The van der Waals surface area contributed by atoms with Gasteiger partial charge in [0, 0.05) is 31.3 Å². The highest BCUT2D eigenvalue weighted by atomic mass is 16.5. The third-order valence-corrected chi connectivity index (χ3v) is 4.25. The summed E-state index contributed by atoms with van der Waals surface area (Å²) in [5.74, 6) is 1.23. The number of morpholine rings is 1. The van der Waals surface area contributed by atoms with Gasteiger partial charge < -0.3 is 20.1 Å². The number of amides is 1. The minimum absolute atomic E-state index is 0.186. The molecule has 8 heteroatoms. The first kappa shape index (κ1) is 17.0. The molecule has 0 atom stereocenters. The van der Waals surface area contributed by atoms with Gasteiger partial charge in [-0.2, -0.15) is 9.61 Å². The van der Waals surface area contributed by atoms with Crippen molar-refractivity contribution in [2.45, 2.75) is 0 Å². The first-order valence-corrected chi connectivity index (χ1v) is 8.65. The Kier molecular flexibility index (Phi) is 4.71. The van der Waals surface area contributed by atoms with Gasteiger partial charge in [0.15, 0.2) is 5.65 Å². The van der Waals surface area contributed by atoms with Crippen LogP contribution in [0, 0.1) is 0 Å². The fourth-order valence-electron chi connectivity index (χ4n) is 2.90. The van der Waals surface area contributed by atoms with E-state index in [2.05, 4.69) is 20.3 Å². The number of rotatable bonds is 4. The van der Waals surface area contributed by atoms with Gasteiger partial charge in [-0.05, 0) is 23.8 Å². The third kappa shape index (κ3) is 3.90. The average Bonchev–Trinajstić information content (AvgIpc) is 3.16. The van der Waals surface area contributed by atoms with Crippen LogP contribution in [0.4, 0.5) is 11.6 Å². The molecule has 0 radical (unpaired) electrons. The average molecular weight is 365 g/mol. The molecule has 1 aromatic carbocycles. The van der Waals surface area contributed by atoms with E-state index in [0.717, 1.165) is 24.5 Å². The zero-order valence-corrected chi connectivity index (χ0v) is 14.6. The van der Waals surface area contributed by atoms with Crippen LogP contribution in [-0.4, -0.2) is 51.9 Å². The number of fused-ring (bicyclic) bond motifs is 1. The zero-order chi connectivity index (χ0) is 18.6. The van der Waals surface area contributed by atoms with Crippen LogP contribution in [0.2, 0.25) is 0 Å². The SMILES string of the molecule is O=C(C=Cc1ccc(O)cc1)Nc1cc(N2CCOCC2)n2nccc2n1. The van der Waals surface area contributed by atoms with Crippen LogP contribution in [0.3, 0.4) is 0 Å². The van der Waals surface area contributed by atoms with Crippen LogP contribution in [0.5, 0.6) is 5.75 Å². The molecule has 0 unspecified atom stereocenters. The summed E-state index contributed by atoms with van der Waals surface area (Å²) in [7, 11) is 0. The highest BCUT2D eigenvalue weighted by molar-refractivity contribution is 6.01. The van der Waals surface area contributed by atoms with Crippen molar-refractivity contribution in [3.63, 3.8) is 0 Å². The van der Waals surface area contributed by atoms with Crippen LogP contribution in [0.25, 0.3) is 11.7 Å². The Labute approximate surface area is 155 Å². The summed E-state index contributed by atoms with van der Waals surface area (Å²) in [4.78, 5) is 18.9. The Morgan fingerprint density at radius 1 is 1.19 bits per heavy atom. The van der Waals surface area contributed by atoms with Crippen LogP contribution < -0.4 is 10.2 Å². The Balaban J connectivity index is 1.54. The summed E-state index contributed by atoms with van der Waals surface area (Å²) in [5, 5.41) is 16.4. The van der Waals surface area contributed by atoms with E-state index in [9.17, 15) is 9.90 Å². The first-order valence-electron chi connectivity index (χ1n) is 8.65. The van der Waals surface area contributed by atoms with E-state index >= 15 is 0 Å². The molecule has 1 aliphatic rings. The number of anilines is 2. The Morgan fingerprint density at radius 2 is 1.96 bits per heavy atom. The van der Waals surface area contributed by atoms with Crippen LogP contribution in [-0.2, 0) is 9.53 Å². The molecule has 0 bridgehead atoms. The molecule has 4 rings (SSSR count). The fourth-order valence-corrected chi connectivity index (χ4v) is 2.90. The summed E-state index contributed by atoms with van der Waals surface area (Å²) in [6.07, 6.45) is 4.79. The molecule has 1 amide bonds. The van der Waals surface area contributed by atoms with E-state index in [1.54, 1.807) is 47.1 Å². The molecule has 0 aliphatic carbocycles.